The fourth-order valence-corrected chi connectivity index (χ4v) is 2.63. The minimum absolute atomic E-state index is 0.0784. The zero-order valence-corrected chi connectivity index (χ0v) is 11.2. The van der Waals surface area contributed by atoms with Gasteiger partial charge in [-0.15, -0.1) is 6.58 Å². The predicted octanol–water partition coefficient (Wildman–Crippen LogP) is 1.51. The molecular weight excluding hydrogens is 242 g/mol. The summed E-state index contributed by atoms with van der Waals surface area (Å²) in [6.45, 7) is 6.97. The van der Waals surface area contributed by atoms with Crippen LogP contribution in [0.3, 0.4) is 0 Å². The number of sulfonamides is 1. The highest BCUT2D eigenvalue weighted by Gasteiger charge is 2.26. The average molecular weight is 263 g/mol. The molecule has 17 heavy (non-hydrogen) atoms. The molecule has 0 heterocycles. The maximum Gasteiger partial charge on any atom is 0.322 e. The second-order valence-corrected chi connectivity index (χ2v) is 6.16. The molecule has 0 aromatic heterocycles. The van der Waals surface area contributed by atoms with Crippen LogP contribution in [-0.4, -0.2) is 30.8 Å². The third kappa shape index (κ3) is 5.83. The highest BCUT2D eigenvalue weighted by Crippen LogP contribution is 2.10. The van der Waals surface area contributed by atoms with Crippen molar-refractivity contribution < 1.29 is 18.3 Å². The third-order valence-electron chi connectivity index (χ3n) is 2.50. The smallest absolute Gasteiger partial charge is 0.322 e. The van der Waals surface area contributed by atoms with Crippen LogP contribution in [0.15, 0.2) is 12.7 Å². The highest BCUT2D eigenvalue weighted by atomic mass is 32.2. The number of carbonyl (C=O) groups is 1. The van der Waals surface area contributed by atoms with Gasteiger partial charge in [-0.25, -0.2) is 13.1 Å². The van der Waals surface area contributed by atoms with Crippen molar-refractivity contribution in [2.24, 2.45) is 0 Å². The Labute approximate surface area is 103 Å². The molecule has 0 rings (SSSR count). The van der Waals surface area contributed by atoms with Crippen molar-refractivity contribution in [1.82, 2.24) is 4.72 Å². The number of hydrogen-bond donors (Lipinski definition) is 2. The molecule has 0 radical (unpaired) electrons. The van der Waals surface area contributed by atoms with Crippen LogP contribution in [0, 0.1) is 0 Å². The van der Waals surface area contributed by atoms with Gasteiger partial charge in [-0.3, -0.25) is 4.79 Å². The van der Waals surface area contributed by atoms with Gasteiger partial charge in [0.1, 0.15) is 6.04 Å². The molecule has 0 aliphatic carbocycles. The minimum atomic E-state index is -3.58. The van der Waals surface area contributed by atoms with E-state index >= 15 is 0 Å². The number of carboxylic acids is 1. The Kier molecular flexibility index (Phi) is 7.06. The second kappa shape index (κ2) is 7.45. The summed E-state index contributed by atoms with van der Waals surface area (Å²) in [4.78, 5) is 10.8. The van der Waals surface area contributed by atoms with Crippen LogP contribution in [0.4, 0.5) is 0 Å². The number of aliphatic carboxylic acids is 1. The van der Waals surface area contributed by atoms with Crippen molar-refractivity contribution in [3.8, 4) is 0 Å². The summed E-state index contributed by atoms with van der Waals surface area (Å²) in [5, 5.41) is 8.28. The Morgan fingerprint density at radius 2 is 2.12 bits per heavy atom. The van der Waals surface area contributed by atoms with Gasteiger partial charge < -0.3 is 5.11 Å². The van der Waals surface area contributed by atoms with E-state index in [9.17, 15) is 13.2 Å². The van der Waals surface area contributed by atoms with E-state index in [0.717, 1.165) is 12.8 Å². The molecule has 0 aliphatic rings. The first kappa shape index (κ1) is 16.1. The lowest BCUT2D eigenvalue weighted by Crippen LogP contribution is -2.44. The van der Waals surface area contributed by atoms with Gasteiger partial charge in [-0.05, 0) is 19.8 Å². The lowest BCUT2D eigenvalue weighted by atomic mass is 10.2. The zero-order chi connectivity index (χ0) is 13.5. The fourth-order valence-electron chi connectivity index (χ4n) is 1.33. The SMILES string of the molecule is C=CCC(NS(=O)(=O)C(C)CCCC)C(=O)O. The summed E-state index contributed by atoms with van der Waals surface area (Å²) in [6, 6.07) is -1.12. The zero-order valence-electron chi connectivity index (χ0n) is 10.3. The van der Waals surface area contributed by atoms with E-state index in [2.05, 4.69) is 11.3 Å². The lowest BCUT2D eigenvalue weighted by molar-refractivity contribution is -0.138. The Hall–Kier alpha value is -0.880. The second-order valence-electron chi connectivity index (χ2n) is 4.03. The largest absolute Gasteiger partial charge is 0.480 e. The molecule has 6 heteroatoms. The van der Waals surface area contributed by atoms with Crippen LogP contribution in [0.5, 0.6) is 0 Å². The Bertz CT molecular complexity index is 350. The van der Waals surface area contributed by atoms with Crippen molar-refractivity contribution >= 4 is 16.0 Å². The van der Waals surface area contributed by atoms with Gasteiger partial charge in [-0.1, -0.05) is 25.8 Å². The first-order valence-corrected chi connectivity index (χ1v) is 7.24. The van der Waals surface area contributed by atoms with Gasteiger partial charge in [0.25, 0.3) is 0 Å². The Morgan fingerprint density at radius 3 is 2.53 bits per heavy atom. The number of unbranched alkanes of at least 4 members (excludes halogenated alkanes) is 1. The van der Waals surface area contributed by atoms with Crippen molar-refractivity contribution in [2.75, 3.05) is 0 Å². The van der Waals surface area contributed by atoms with Gasteiger partial charge in [0.2, 0.25) is 10.0 Å². The molecule has 2 atom stereocenters. The molecule has 2 N–H and O–H groups in total. The number of carboxylic acid groups (broad SMARTS) is 1. The van der Waals surface area contributed by atoms with E-state index < -0.39 is 27.3 Å². The van der Waals surface area contributed by atoms with Gasteiger partial charge in [0.05, 0.1) is 5.25 Å². The van der Waals surface area contributed by atoms with E-state index in [0.29, 0.717) is 6.42 Å². The Morgan fingerprint density at radius 1 is 1.53 bits per heavy atom. The summed E-state index contributed by atoms with van der Waals surface area (Å²) in [6.07, 6.45) is 3.72. The molecule has 0 spiro atoms. The van der Waals surface area contributed by atoms with E-state index in [-0.39, 0.29) is 6.42 Å². The molecule has 0 aromatic rings. The number of rotatable bonds is 9. The van der Waals surface area contributed by atoms with Crippen LogP contribution in [-0.2, 0) is 14.8 Å². The first-order valence-electron chi connectivity index (χ1n) is 5.70. The summed E-state index contributed by atoms with van der Waals surface area (Å²) < 4.78 is 25.8. The lowest BCUT2D eigenvalue weighted by Gasteiger charge is -2.17. The van der Waals surface area contributed by atoms with Crippen LogP contribution in [0.1, 0.15) is 39.5 Å². The third-order valence-corrected chi connectivity index (χ3v) is 4.41. The molecule has 5 nitrogen and oxygen atoms in total. The van der Waals surface area contributed by atoms with E-state index in [1.54, 1.807) is 6.92 Å². The molecule has 0 aromatic carbocycles. The van der Waals surface area contributed by atoms with Crippen molar-refractivity contribution in [2.45, 2.75) is 50.8 Å². The fraction of sp³-hybridized carbons (Fsp3) is 0.727. The van der Waals surface area contributed by atoms with Crippen LogP contribution < -0.4 is 4.72 Å². The van der Waals surface area contributed by atoms with Crippen LogP contribution in [0.25, 0.3) is 0 Å². The highest BCUT2D eigenvalue weighted by molar-refractivity contribution is 7.90. The van der Waals surface area contributed by atoms with E-state index in [1.807, 2.05) is 6.92 Å². The minimum Gasteiger partial charge on any atom is -0.480 e. The van der Waals surface area contributed by atoms with Crippen molar-refractivity contribution in [3.05, 3.63) is 12.7 Å². The molecule has 0 fully saturated rings. The standard InChI is InChI=1S/C11H21NO4S/c1-4-6-8-9(3)17(15,16)12-10(7-5-2)11(13)14/h5,9-10,12H,2,4,6-8H2,1,3H3,(H,13,14). The van der Waals surface area contributed by atoms with Gasteiger partial charge >= 0.3 is 5.97 Å². The monoisotopic (exact) mass is 263 g/mol. The van der Waals surface area contributed by atoms with Crippen LogP contribution in [0.2, 0.25) is 0 Å². The Balaban J connectivity index is 4.59. The molecule has 0 saturated carbocycles. The van der Waals surface area contributed by atoms with Crippen LogP contribution >= 0.6 is 0 Å². The molecule has 2 unspecified atom stereocenters. The summed E-state index contributed by atoms with van der Waals surface area (Å²) in [5.41, 5.74) is 0. The maximum atomic E-state index is 11.8. The summed E-state index contributed by atoms with van der Waals surface area (Å²) in [7, 11) is -3.58. The maximum absolute atomic E-state index is 11.8. The average Bonchev–Trinajstić information content (AvgIpc) is 2.24. The quantitative estimate of drug-likeness (QED) is 0.618. The molecular formula is C11H21NO4S. The van der Waals surface area contributed by atoms with Gasteiger partial charge in [0, 0.05) is 0 Å². The molecule has 0 aliphatic heterocycles. The number of nitrogens with one attached hydrogen (secondary N) is 1. The molecule has 0 saturated heterocycles. The molecule has 0 bridgehead atoms. The van der Waals surface area contributed by atoms with Gasteiger partial charge in [-0.2, -0.15) is 0 Å². The molecule has 0 amide bonds. The summed E-state index contributed by atoms with van der Waals surface area (Å²) in [5.74, 6) is -1.18. The van der Waals surface area contributed by atoms with Crippen molar-refractivity contribution in [3.63, 3.8) is 0 Å². The summed E-state index contributed by atoms with van der Waals surface area (Å²) >= 11 is 0. The number of hydrogen-bond acceptors (Lipinski definition) is 3. The first-order chi connectivity index (χ1) is 7.85. The topological polar surface area (TPSA) is 83.5 Å². The van der Waals surface area contributed by atoms with Crippen molar-refractivity contribution in [1.29, 1.82) is 0 Å². The van der Waals surface area contributed by atoms with Gasteiger partial charge in [0.15, 0.2) is 0 Å². The normalized spacial score (nSPS) is 15.2. The van der Waals surface area contributed by atoms with E-state index in [4.69, 9.17) is 5.11 Å². The molecule has 100 valence electrons. The van der Waals surface area contributed by atoms with E-state index in [1.165, 1.54) is 6.08 Å². The predicted molar refractivity (Wildman–Crippen MR) is 67.3 cm³/mol.